The van der Waals surface area contributed by atoms with Gasteiger partial charge in [-0.05, 0) is 19.1 Å². The molecule has 2 unspecified atom stereocenters. The molecule has 0 amide bonds. The molecule has 1 aromatic carbocycles. The molecule has 0 aliphatic heterocycles. The van der Waals surface area contributed by atoms with Crippen molar-refractivity contribution in [2.75, 3.05) is 32.2 Å². The molecular weight excluding hydrogens is 289 g/mol. The second-order valence-corrected chi connectivity index (χ2v) is 5.05. The number of hydrogen-bond acceptors (Lipinski definition) is 4. The molecule has 0 bridgehead atoms. The van der Waals surface area contributed by atoms with Crippen molar-refractivity contribution in [1.82, 2.24) is 0 Å². The number of rotatable bonds is 8. The van der Waals surface area contributed by atoms with E-state index in [1.807, 2.05) is 6.92 Å². The molecule has 1 rings (SSSR count). The van der Waals surface area contributed by atoms with Crippen LogP contribution in [0.25, 0.3) is 0 Å². The largest absolute Gasteiger partial charge is 0.389 e. The smallest absolute Gasteiger partial charge is 0.0945 e. The molecule has 0 radical (unpaired) electrons. The van der Waals surface area contributed by atoms with Gasteiger partial charge in [0.1, 0.15) is 0 Å². The lowest BCUT2D eigenvalue weighted by atomic mass is 10.3. The topological polar surface area (TPSA) is 50.7 Å². The molecule has 4 nitrogen and oxygen atoms in total. The van der Waals surface area contributed by atoms with Crippen molar-refractivity contribution in [3.8, 4) is 0 Å². The molecule has 0 fully saturated rings. The van der Waals surface area contributed by atoms with Crippen molar-refractivity contribution >= 4 is 28.9 Å². The molecule has 1 aromatic rings. The number of methoxy groups -OCH3 is 1. The van der Waals surface area contributed by atoms with Crippen molar-refractivity contribution in [2.45, 2.75) is 19.1 Å². The van der Waals surface area contributed by atoms with Gasteiger partial charge in [0.2, 0.25) is 0 Å². The van der Waals surface area contributed by atoms with Gasteiger partial charge in [0.05, 0.1) is 41.2 Å². The van der Waals surface area contributed by atoms with Gasteiger partial charge in [-0.15, -0.1) is 0 Å². The summed E-state index contributed by atoms with van der Waals surface area (Å²) in [6, 6.07) is 5.24. The summed E-state index contributed by atoms with van der Waals surface area (Å²) >= 11 is 12.0. The lowest BCUT2D eigenvalue weighted by Gasteiger charge is -2.17. The Bertz CT molecular complexity index is 370. The number of aliphatic hydroxyl groups is 1. The van der Waals surface area contributed by atoms with E-state index >= 15 is 0 Å². The first-order chi connectivity index (χ1) is 9.04. The van der Waals surface area contributed by atoms with Gasteiger partial charge in [-0.25, -0.2) is 0 Å². The Hall–Kier alpha value is -0.520. The summed E-state index contributed by atoms with van der Waals surface area (Å²) in [7, 11) is 1.61. The molecule has 0 saturated heterocycles. The molecule has 2 N–H and O–H groups in total. The minimum atomic E-state index is -0.647. The molecule has 0 heterocycles. The molecular formula is C13H19Cl2NO3. The quantitative estimate of drug-likeness (QED) is 0.775. The van der Waals surface area contributed by atoms with Crippen molar-refractivity contribution < 1.29 is 14.6 Å². The molecule has 0 aliphatic carbocycles. The summed E-state index contributed by atoms with van der Waals surface area (Å²) in [6.07, 6.45) is -0.699. The van der Waals surface area contributed by atoms with Crippen LogP contribution in [0.15, 0.2) is 18.2 Å². The van der Waals surface area contributed by atoms with E-state index in [1.54, 1.807) is 25.3 Å². The normalized spacial score (nSPS) is 14.2. The van der Waals surface area contributed by atoms with Crippen molar-refractivity contribution in [1.29, 1.82) is 0 Å². The number of para-hydroxylation sites is 1. The van der Waals surface area contributed by atoms with Crippen LogP contribution >= 0.6 is 23.2 Å². The Morgan fingerprint density at radius 2 is 1.89 bits per heavy atom. The number of ether oxygens (including phenoxy) is 2. The zero-order valence-corrected chi connectivity index (χ0v) is 12.5. The zero-order chi connectivity index (χ0) is 14.3. The van der Waals surface area contributed by atoms with E-state index in [1.165, 1.54) is 0 Å². The minimum absolute atomic E-state index is 0.0523. The molecule has 108 valence electrons. The molecule has 6 heteroatoms. The highest BCUT2D eigenvalue weighted by Crippen LogP contribution is 2.29. The van der Waals surface area contributed by atoms with Crippen LogP contribution in [-0.4, -0.2) is 44.2 Å². The lowest BCUT2D eigenvalue weighted by Crippen LogP contribution is -2.28. The van der Waals surface area contributed by atoms with Gasteiger partial charge in [-0.3, -0.25) is 0 Å². The Morgan fingerprint density at radius 3 is 2.47 bits per heavy atom. The number of nitrogens with one attached hydrogen (secondary N) is 1. The Kier molecular flexibility index (Phi) is 7.49. The van der Waals surface area contributed by atoms with Crippen molar-refractivity contribution in [3.05, 3.63) is 28.2 Å². The van der Waals surface area contributed by atoms with Crippen molar-refractivity contribution in [2.24, 2.45) is 0 Å². The van der Waals surface area contributed by atoms with Gasteiger partial charge in [0.25, 0.3) is 0 Å². The van der Waals surface area contributed by atoms with Crippen LogP contribution in [0.2, 0.25) is 10.0 Å². The number of halogens is 2. The number of aliphatic hydroxyl groups excluding tert-OH is 1. The van der Waals surface area contributed by atoms with Crippen LogP contribution in [0.5, 0.6) is 0 Å². The predicted molar refractivity (Wildman–Crippen MR) is 78.2 cm³/mol. The van der Waals surface area contributed by atoms with Crippen LogP contribution in [0.1, 0.15) is 6.92 Å². The molecule has 0 saturated carbocycles. The Morgan fingerprint density at radius 1 is 1.26 bits per heavy atom. The standard InChI is InChI=1S/C13H19Cl2NO3/c1-9(7-18-2)19-8-10(17)6-16-13-11(14)4-3-5-12(13)15/h3-5,9-10,16-17H,6-8H2,1-2H3. The van der Waals surface area contributed by atoms with Crippen LogP contribution in [0.3, 0.4) is 0 Å². The summed E-state index contributed by atoms with van der Waals surface area (Å²) in [5.41, 5.74) is 0.620. The summed E-state index contributed by atoms with van der Waals surface area (Å²) in [4.78, 5) is 0. The summed E-state index contributed by atoms with van der Waals surface area (Å²) in [6.45, 7) is 2.91. The monoisotopic (exact) mass is 307 g/mol. The highest BCUT2D eigenvalue weighted by molar-refractivity contribution is 6.39. The van der Waals surface area contributed by atoms with Gasteiger partial charge in [0.15, 0.2) is 0 Å². The summed E-state index contributed by atoms with van der Waals surface area (Å²) < 4.78 is 10.4. The van der Waals surface area contributed by atoms with Crippen LogP contribution in [0, 0.1) is 0 Å². The summed E-state index contributed by atoms with van der Waals surface area (Å²) in [5, 5.41) is 13.8. The Balaban J connectivity index is 2.36. The maximum Gasteiger partial charge on any atom is 0.0945 e. The molecule has 19 heavy (non-hydrogen) atoms. The van der Waals surface area contributed by atoms with E-state index in [9.17, 15) is 5.11 Å². The number of benzene rings is 1. The van der Waals surface area contributed by atoms with Crippen LogP contribution in [-0.2, 0) is 9.47 Å². The van der Waals surface area contributed by atoms with E-state index < -0.39 is 6.10 Å². The van der Waals surface area contributed by atoms with Gasteiger partial charge >= 0.3 is 0 Å². The first kappa shape index (κ1) is 16.5. The van der Waals surface area contributed by atoms with E-state index in [0.717, 1.165) is 0 Å². The second kappa shape index (κ2) is 8.61. The molecule has 0 aromatic heterocycles. The van der Waals surface area contributed by atoms with Gasteiger partial charge in [0, 0.05) is 13.7 Å². The molecule has 0 spiro atoms. The lowest BCUT2D eigenvalue weighted by molar-refractivity contribution is -0.0282. The van der Waals surface area contributed by atoms with E-state index in [2.05, 4.69) is 5.32 Å². The van der Waals surface area contributed by atoms with E-state index in [0.29, 0.717) is 28.9 Å². The average molecular weight is 308 g/mol. The van der Waals surface area contributed by atoms with E-state index in [-0.39, 0.29) is 12.7 Å². The second-order valence-electron chi connectivity index (χ2n) is 4.23. The SMILES string of the molecule is COCC(C)OCC(O)CNc1c(Cl)cccc1Cl. The highest BCUT2D eigenvalue weighted by atomic mass is 35.5. The number of anilines is 1. The fourth-order valence-corrected chi connectivity index (χ4v) is 2.03. The molecule has 2 atom stereocenters. The highest BCUT2D eigenvalue weighted by Gasteiger charge is 2.10. The third kappa shape index (κ3) is 5.97. The van der Waals surface area contributed by atoms with E-state index in [4.69, 9.17) is 32.7 Å². The Labute approximate surface area is 123 Å². The first-order valence-corrected chi connectivity index (χ1v) is 6.76. The maximum absolute atomic E-state index is 9.79. The van der Waals surface area contributed by atoms with Crippen LogP contribution < -0.4 is 5.32 Å². The van der Waals surface area contributed by atoms with Gasteiger partial charge < -0.3 is 19.9 Å². The predicted octanol–water partition coefficient (Wildman–Crippen LogP) is 2.82. The minimum Gasteiger partial charge on any atom is -0.389 e. The fourth-order valence-electron chi connectivity index (χ4n) is 1.50. The zero-order valence-electron chi connectivity index (χ0n) is 11.0. The summed E-state index contributed by atoms with van der Waals surface area (Å²) in [5.74, 6) is 0. The average Bonchev–Trinajstić information content (AvgIpc) is 2.36. The van der Waals surface area contributed by atoms with Gasteiger partial charge in [-0.2, -0.15) is 0 Å². The first-order valence-electron chi connectivity index (χ1n) is 6.01. The van der Waals surface area contributed by atoms with Gasteiger partial charge in [-0.1, -0.05) is 29.3 Å². The third-order valence-electron chi connectivity index (χ3n) is 2.45. The fraction of sp³-hybridized carbons (Fsp3) is 0.538. The molecule has 0 aliphatic rings. The third-order valence-corrected chi connectivity index (χ3v) is 3.08. The van der Waals surface area contributed by atoms with Crippen molar-refractivity contribution in [3.63, 3.8) is 0 Å². The maximum atomic E-state index is 9.79. The van der Waals surface area contributed by atoms with Crippen LogP contribution in [0.4, 0.5) is 5.69 Å². The number of hydrogen-bond donors (Lipinski definition) is 2.